The third kappa shape index (κ3) is 5.18. The molecule has 0 N–H and O–H groups in total. The first kappa shape index (κ1) is 22.9. The van der Waals surface area contributed by atoms with Crippen LogP contribution in [0.15, 0.2) is 18.2 Å². The third-order valence-corrected chi connectivity index (χ3v) is 7.07. The summed E-state index contributed by atoms with van der Waals surface area (Å²) in [5.41, 5.74) is 0.599. The number of carbonyl (C=O) groups excluding carboxylic acids is 2. The van der Waals surface area contributed by atoms with E-state index in [-0.39, 0.29) is 11.8 Å². The van der Waals surface area contributed by atoms with Crippen LogP contribution in [0.2, 0.25) is 0 Å². The van der Waals surface area contributed by atoms with Gasteiger partial charge in [0.05, 0.1) is 27.4 Å². The minimum atomic E-state index is 0.0236. The molecule has 3 saturated heterocycles. The molecule has 3 fully saturated rings. The lowest BCUT2D eigenvalue weighted by atomic mass is 9.92. The van der Waals surface area contributed by atoms with Crippen LogP contribution in [0.3, 0.4) is 0 Å². The van der Waals surface area contributed by atoms with Crippen LogP contribution in [0.1, 0.15) is 36.0 Å². The van der Waals surface area contributed by atoms with Gasteiger partial charge in [0.15, 0.2) is 0 Å². The summed E-state index contributed by atoms with van der Waals surface area (Å²) >= 11 is 0. The molecule has 8 heteroatoms. The maximum Gasteiger partial charge on any atom is 0.254 e. The molecular weight excluding hydrogens is 410 g/mol. The highest BCUT2D eigenvalue weighted by atomic mass is 16.5. The van der Waals surface area contributed by atoms with E-state index in [9.17, 15) is 9.59 Å². The number of piperidine rings is 2. The second-order valence-electron chi connectivity index (χ2n) is 8.87. The van der Waals surface area contributed by atoms with E-state index in [1.54, 1.807) is 32.4 Å². The van der Waals surface area contributed by atoms with E-state index >= 15 is 0 Å². The number of rotatable bonds is 5. The number of ether oxygens (including phenoxy) is 3. The highest BCUT2D eigenvalue weighted by Gasteiger charge is 2.33. The molecule has 0 unspecified atom stereocenters. The molecular formula is C24H35N3O5. The minimum absolute atomic E-state index is 0.0236. The monoisotopic (exact) mass is 445 g/mol. The van der Waals surface area contributed by atoms with Crippen molar-refractivity contribution in [3.05, 3.63) is 23.8 Å². The number of amides is 2. The van der Waals surface area contributed by atoms with Crippen LogP contribution in [0, 0.1) is 5.92 Å². The van der Waals surface area contributed by atoms with Gasteiger partial charge in [-0.25, -0.2) is 0 Å². The van der Waals surface area contributed by atoms with Gasteiger partial charge >= 0.3 is 0 Å². The zero-order valence-electron chi connectivity index (χ0n) is 19.3. The molecule has 1 aromatic rings. The number of morpholine rings is 1. The van der Waals surface area contributed by atoms with Crippen LogP contribution in [0.5, 0.6) is 11.5 Å². The zero-order valence-corrected chi connectivity index (χ0v) is 19.3. The highest BCUT2D eigenvalue weighted by molar-refractivity contribution is 5.95. The molecule has 3 aliphatic rings. The Hall–Kier alpha value is -2.32. The van der Waals surface area contributed by atoms with Crippen molar-refractivity contribution in [1.82, 2.24) is 14.7 Å². The van der Waals surface area contributed by atoms with Gasteiger partial charge in [-0.05, 0) is 50.9 Å². The van der Waals surface area contributed by atoms with Gasteiger partial charge in [-0.15, -0.1) is 0 Å². The lowest BCUT2D eigenvalue weighted by Crippen LogP contribution is -2.51. The molecule has 0 aromatic heterocycles. The van der Waals surface area contributed by atoms with Crippen LogP contribution < -0.4 is 9.47 Å². The standard InChI is InChI=1S/C24H35N3O5/c1-30-21-15-19(16-22(17-21)31-2)24(29)26-9-5-20(6-10-26)25-7-3-18(4-8-25)23(28)27-11-13-32-14-12-27/h15-18,20H,3-14H2,1-2H3. The van der Waals surface area contributed by atoms with Gasteiger partial charge in [0.2, 0.25) is 5.91 Å². The normalized spacial score (nSPS) is 21.4. The third-order valence-electron chi connectivity index (χ3n) is 7.07. The fourth-order valence-corrected chi connectivity index (χ4v) is 5.10. The molecule has 0 bridgehead atoms. The topological polar surface area (TPSA) is 71.6 Å². The van der Waals surface area contributed by atoms with Gasteiger partial charge in [0.25, 0.3) is 5.91 Å². The van der Waals surface area contributed by atoms with E-state index < -0.39 is 0 Å². The second-order valence-corrected chi connectivity index (χ2v) is 8.87. The van der Waals surface area contributed by atoms with Gasteiger partial charge in [-0.3, -0.25) is 9.59 Å². The van der Waals surface area contributed by atoms with E-state index in [1.807, 2.05) is 9.80 Å². The van der Waals surface area contributed by atoms with E-state index in [0.29, 0.717) is 42.2 Å². The van der Waals surface area contributed by atoms with Crippen LogP contribution in [0.4, 0.5) is 0 Å². The fourth-order valence-electron chi connectivity index (χ4n) is 5.10. The Morgan fingerprint density at radius 2 is 1.41 bits per heavy atom. The van der Waals surface area contributed by atoms with Gasteiger partial charge in [-0.1, -0.05) is 0 Å². The summed E-state index contributed by atoms with van der Waals surface area (Å²) in [6, 6.07) is 5.80. The van der Waals surface area contributed by atoms with Crippen LogP contribution in [-0.2, 0) is 9.53 Å². The average molecular weight is 446 g/mol. The quantitative estimate of drug-likeness (QED) is 0.689. The smallest absolute Gasteiger partial charge is 0.254 e. The van der Waals surface area contributed by atoms with Crippen molar-refractivity contribution in [2.75, 3.05) is 66.7 Å². The summed E-state index contributed by atoms with van der Waals surface area (Å²) < 4.78 is 16.0. The number of methoxy groups -OCH3 is 2. The van der Waals surface area contributed by atoms with Gasteiger partial charge in [0.1, 0.15) is 11.5 Å². The molecule has 0 aliphatic carbocycles. The molecule has 8 nitrogen and oxygen atoms in total. The highest BCUT2D eigenvalue weighted by Crippen LogP contribution is 2.28. The predicted octanol–water partition coefficient (Wildman–Crippen LogP) is 1.88. The molecule has 2 amide bonds. The van der Waals surface area contributed by atoms with Crippen molar-refractivity contribution < 1.29 is 23.8 Å². The molecule has 0 radical (unpaired) electrons. The lowest BCUT2D eigenvalue weighted by Gasteiger charge is -2.42. The summed E-state index contributed by atoms with van der Waals surface area (Å²) in [5.74, 6) is 1.72. The van der Waals surface area contributed by atoms with Crippen LogP contribution in [-0.4, -0.2) is 99.3 Å². The first-order valence-corrected chi connectivity index (χ1v) is 11.7. The largest absolute Gasteiger partial charge is 0.497 e. The summed E-state index contributed by atoms with van der Waals surface area (Å²) in [7, 11) is 3.18. The molecule has 0 spiro atoms. The Morgan fingerprint density at radius 1 is 0.812 bits per heavy atom. The van der Waals surface area contributed by atoms with Gasteiger partial charge in [0, 0.05) is 49.8 Å². The number of nitrogens with zero attached hydrogens (tertiary/aromatic N) is 3. The van der Waals surface area contributed by atoms with Crippen molar-refractivity contribution in [3.8, 4) is 11.5 Å². The van der Waals surface area contributed by atoms with E-state index in [4.69, 9.17) is 14.2 Å². The Bertz CT molecular complexity index is 773. The molecule has 176 valence electrons. The van der Waals surface area contributed by atoms with E-state index in [0.717, 1.165) is 65.0 Å². The van der Waals surface area contributed by atoms with Gasteiger partial charge < -0.3 is 28.9 Å². The maximum absolute atomic E-state index is 13.0. The van der Waals surface area contributed by atoms with Crippen molar-refractivity contribution in [1.29, 1.82) is 0 Å². The van der Waals surface area contributed by atoms with E-state index in [1.165, 1.54) is 0 Å². The minimum Gasteiger partial charge on any atom is -0.497 e. The molecule has 0 saturated carbocycles. The Labute approximate surface area is 190 Å². The second kappa shape index (κ2) is 10.5. The Kier molecular flexibility index (Phi) is 7.52. The number of hydrogen-bond acceptors (Lipinski definition) is 6. The average Bonchev–Trinajstić information content (AvgIpc) is 2.88. The first-order chi connectivity index (χ1) is 15.6. The number of benzene rings is 1. The molecule has 3 aliphatic heterocycles. The first-order valence-electron chi connectivity index (χ1n) is 11.7. The number of likely N-dealkylation sites (tertiary alicyclic amines) is 2. The summed E-state index contributed by atoms with van der Waals surface area (Å²) in [6.45, 7) is 6.19. The molecule has 32 heavy (non-hydrogen) atoms. The molecule has 3 heterocycles. The van der Waals surface area contributed by atoms with E-state index in [2.05, 4.69) is 4.90 Å². The maximum atomic E-state index is 13.0. The Balaban J connectivity index is 1.26. The van der Waals surface area contributed by atoms with Crippen molar-refractivity contribution in [2.24, 2.45) is 5.92 Å². The molecule has 4 rings (SSSR count). The van der Waals surface area contributed by atoms with Crippen molar-refractivity contribution in [3.63, 3.8) is 0 Å². The number of carbonyl (C=O) groups is 2. The van der Waals surface area contributed by atoms with Crippen molar-refractivity contribution >= 4 is 11.8 Å². The predicted molar refractivity (Wildman–Crippen MR) is 120 cm³/mol. The molecule has 1 aromatic carbocycles. The van der Waals surface area contributed by atoms with Crippen molar-refractivity contribution in [2.45, 2.75) is 31.7 Å². The van der Waals surface area contributed by atoms with Crippen LogP contribution in [0.25, 0.3) is 0 Å². The molecule has 0 atom stereocenters. The number of hydrogen-bond donors (Lipinski definition) is 0. The summed E-state index contributed by atoms with van der Waals surface area (Å²) in [4.78, 5) is 32.2. The Morgan fingerprint density at radius 3 is 1.97 bits per heavy atom. The SMILES string of the molecule is COc1cc(OC)cc(C(=O)N2CCC(N3CCC(C(=O)N4CCOCC4)CC3)CC2)c1. The summed E-state index contributed by atoms with van der Waals surface area (Å²) in [6.07, 6.45) is 3.79. The van der Waals surface area contributed by atoms with Gasteiger partial charge in [-0.2, -0.15) is 0 Å². The zero-order chi connectivity index (χ0) is 22.5. The van der Waals surface area contributed by atoms with Crippen LogP contribution >= 0.6 is 0 Å². The fraction of sp³-hybridized carbons (Fsp3) is 0.667. The lowest BCUT2D eigenvalue weighted by molar-refractivity contribution is -0.141. The summed E-state index contributed by atoms with van der Waals surface area (Å²) in [5, 5.41) is 0.